The molecule has 1 aromatic rings. The predicted octanol–water partition coefficient (Wildman–Crippen LogP) is 0.612. The molecular formula is C11H21N5O. The highest BCUT2D eigenvalue weighted by molar-refractivity contribution is 5.71. The Bertz CT molecular complexity index is 349. The molecule has 0 saturated heterocycles. The van der Waals surface area contributed by atoms with Gasteiger partial charge in [-0.3, -0.25) is 4.68 Å². The van der Waals surface area contributed by atoms with Gasteiger partial charge in [0.15, 0.2) is 0 Å². The van der Waals surface area contributed by atoms with E-state index >= 15 is 0 Å². The quantitative estimate of drug-likeness (QED) is 0.609. The molecule has 6 heteroatoms. The summed E-state index contributed by atoms with van der Waals surface area (Å²) in [7, 11) is 0. The minimum atomic E-state index is -0.493. The molecule has 0 spiro atoms. The lowest BCUT2D eigenvalue weighted by molar-refractivity contribution is 0.249. The van der Waals surface area contributed by atoms with Gasteiger partial charge >= 0.3 is 6.03 Å². The molecule has 0 aromatic carbocycles. The van der Waals surface area contributed by atoms with E-state index in [0.717, 1.165) is 12.1 Å². The van der Waals surface area contributed by atoms with Crippen molar-refractivity contribution in [3.63, 3.8) is 0 Å². The Kier molecular flexibility index (Phi) is 5.48. The standard InChI is InChI=1S/C11H21N5O/c1-3-9(2)16-7-4-10(15-16)8-13-5-6-14-11(12)17/h4,7,9,13H,3,5-6,8H2,1-2H3,(H3,12,14,17). The first-order valence-electron chi connectivity index (χ1n) is 5.91. The van der Waals surface area contributed by atoms with Crippen LogP contribution < -0.4 is 16.4 Å². The maximum atomic E-state index is 10.4. The number of primary amides is 1. The highest BCUT2D eigenvalue weighted by Crippen LogP contribution is 2.08. The molecule has 1 rings (SSSR count). The number of nitrogens with two attached hydrogens (primary N) is 1. The molecule has 4 N–H and O–H groups in total. The number of carbonyl (C=O) groups is 1. The SMILES string of the molecule is CCC(C)n1ccc(CNCCNC(N)=O)n1. The molecule has 0 saturated carbocycles. The Morgan fingerprint density at radius 3 is 3.00 bits per heavy atom. The zero-order valence-electron chi connectivity index (χ0n) is 10.4. The van der Waals surface area contributed by atoms with Crippen molar-refractivity contribution >= 4 is 6.03 Å². The van der Waals surface area contributed by atoms with Crippen molar-refractivity contribution in [3.05, 3.63) is 18.0 Å². The molecule has 1 unspecified atom stereocenters. The normalized spacial score (nSPS) is 12.4. The van der Waals surface area contributed by atoms with E-state index in [1.807, 2.05) is 16.9 Å². The molecular weight excluding hydrogens is 218 g/mol. The molecule has 0 aliphatic carbocycles. The van der Waals surface area contributed by atoms with E-state index in [2.05, 4.69) is 29.6 Å². The van der Waals surface area contributed by atoms with Gasteiger partial charge in [-0.05, 0) is 19.4 Å². The summed E-state index contributed by atoms with van der Waals surface area (Å²) in [6.45, 7) is 6.19. The number of hydrogen-bond donors (Lipinski definition) is 3. The zero-order valence-corrected chi connectivity index (χ0v) is 10.4. The average Bonchev–Trinajstić information content (AvgIpc) is 2.76. The lowest BCUT2D eigenvalue weighted by Gasteiger charge is -2.08. The third-order valence-corrected chi connectivity index (χ3v) is 2.61. The van der Waals surface area contributed by atoms with Crippen LogP contribution in [0.4, 0.5) is 4.79 Å². The van der Waals surface area contributed by atoms with Crippen molar-refractivity contribution in [2.75, 3.05) is 13.1 Å². The Balaban J connectivity index is 2.23. The van der Waals surface area contributed by atoms with Crippen LogP contribution in [0.25, 0.3) is 0 Å². The summed E-state index contributed by atoms with van der Waals surface area (Å²) in [5.41, 5.74) is 5.95. The Morgan fingerprint density at radius 1 is 1.59 bits per heavy atom. The smallest absolute Gasteiger partial charge is 0.312 e. The predicted molar refractivity (Wildman–Crippen MR) is 66.5 cm³/mol. The first kappa shape index (κ1) is 13.5. The lowest BCUT2D eigenvalue weighted by atomic mass is 10.3. The maximum Gasteiger partial charge on any atom is 0.312 e. The molecule has 17 heavy (non-hydrogen) atoms. The zero-order chi connectivity index (χ0) is 12.7. The highest BCUT2D eigenvalue weighted by Gasteiger charge is 2.03. The van der Waals surface area contributed by atoms with E-state index in [-0.39, 0.29) is 0 Å². The summed E-state index contributed by atoms with van der Waals surface area (Å²) >= 11 is 0. The molecule has 1 aromatic heterocycles. The van der Waals surface area contributed by atoms with Gasteiger partial charge in [-0.1, -0.05) is 6.92 Å². The molecule has 6 nitrogen and oxygen atoms in total. The molecule has 0 radical (unpaired) electrons. The van der Waals surface area contributed by atoms with E-state index in [1.54, 1.807) is 0 Å². The van der Waals surface area contributed by atoms with Crippen molar-refractivity contribution in [3.8, 4) is 0 Å². The second-order valence-electron chi connectivity index (χ2n) is 4.01. The van der Waals surface area contributed by atoms with Gasteiger partial charge < -0.3 is 16.4 Å². The maximum absolute atomic E-state index is 10.4. The average molecular weight is 239 g/mol. The second-order valence-corrected chi connectivity index (χ2v) is 4.01. The van der Waals surface area contributed by atoms with Crippen molar-refractivity contribution in [2.45, 2.75) is 32.9 Å². The Morgan fingerprint density at radius 2 is 2.35 bits per heavy atom. The van der Waals surface area contributed by atoms with Crippen LogP contribution in [0.15, 0.2) is 12.3 Å². The van der Waals surface area contributed by atoms with Crippen LogP contribution in [0, 0.1) is 0 Å². The van der Waals surface area contributed by atoms with Crippen LogP contribution in [-0.2, 0) is 6.54 Å². The van der Waals surface area contributed by atoms with Gasteiger partial charge in [0.2, 0.25) is 0 Å². The highest BCUT2D eigenvalue weighted by atomic mass is 16.2. The molecule has 2 amide bonds. The molecule has 1 atom stereocenters. The van der Waals surface area contributed by atoms with E-state index in [4.69, 9.17) is 5.73 Å². The van der Waals surface area contributed by atoms with Gasteiger partial charge in [0, 0.05) is 31.9 Å². The number of nitrogens with zero attached hydrogens (tertiary/aromatic N) is 2. The molecule has 0 aliphatic heterocycles. The van der Waals surface area contributed by atoms with E-state index in [1.165, 1.54) is 0 Å². The number of rotatable bonds is 7. The van der Waals surface area contributed by atoms with E-state index in [0.29, 0.717) is 25.7 Å². The molecule has 0 bridgehead atoms. The topological polar surface area (TPSA) is 85.0 Å². The molecule has 0 aliphatic rings. The first-order valence-corrected chi connectivity index (χ1v) is 5.91. The van der Waals surface area contributed by atoms with Crippen molar-refractivity contribution in [1.82, 2.24) is 20.4 Å². The third kappa shape index (κ3) is 4.86. The van der Waals surface area contributed by atoms with Crippen LogP contribution in [0.3, 0.4) is 0 Å². The molecule has 96 valence electrons. The van der Waals surface area contributed by atoms with Gasteiger partial charge in [-0.2, -0.15) is 5.10 Å². The van der Waals surface area contributed by atoms with Crippen LogP contribution in [0.5, 0.6) is 0 Å². The Labute approximate surface area is 102 Å². The third-order valence-electron chi connectivity index (χ3n) is 2.61. The summed E-state index contributed by atoms with van der Waals surface area (Å²) in [5.74, 6) is 0. The van der Waals surface area contributed by atoms with Crippen LogP contribution in [0.1, 0.15) is 32.0 Å². The van der Waals surface area contributed by atoms with Crippen LogP contribution in [-0.4, -0.2) is 28.9 Å². The van der Waals surface area contributed by atoms with Crippen LogP contribution in [0.2, 0.25) is 0 Å². The number of amides is 2. The summed E-state index contributed by atoms with van der Waals surface area (Å²) in [6, 6.07) is 1.94. The van der Waals surface area contributed by atoms with E-state index in [9.17, 15) is 4.79 Å². The second kappa shape index (κ2) is 6.90. The minimum Gasteiger partial charge on any atom is -0.352 e. The van der Waals surface area contributed by atoms with Gasteiger partial charge in [0.1, 0.15) is 0 Å². The first-order chi connectivity index (χ1) is 8.13. The monoisotopic (exact) mass is 239 g/mol. The number of urea groups is 1. The van der Waals surface area contributed by atoms with Crippen molar-refractivity contribution in [2.24, 2.45) is 5.73 Å². The molecule has 0 fully saturated rings. The van der Waals surface area contributed by atoms with Crippen molar-refractivity contribution < 1.29 is 4.79 Å². The summed E-state index contributed by atoms with van der Waals surface area (Å²) in [5, 5.41) is 10.2. The number of hydrogen-bond acceptors (Lipinski definition) is 3. The summed E-state index contributed by atoms with van der Waals surface area (Å²) in [6.07, 6.45) is 3.06. The van der Waals surface area contributed by atoms with Crippen molar-refractivity contribution in [1.29, 1.82) is 0 Å². The Hall–Kier alpha value is -1.56. The number of nitrogens with one attached hydrogen (secondary N) is 2. The fourth-order valence-electron chi connectivity index (χ4n) is 1.39. The van der Waals surface area contributed by atoms with Gasteiger partial charge in [0.05, 0.1) is 5.69 Å². The fraction of sp³-hybridized carbons (Fsp3) is 0.636. The lowest BCUT2D eigenvalue weighted by Crippen LogP contribution is -2.35. The number of carbonyl (C=O) groups excluding carboxylic acids is 1. The summed E-state index contributed by atoms with van der Waals surface area (Å²) < 4.78 is 1.97. The van der Waals surface area contributed by atoms with E-state index < -0.39 is 6.03 Å². The fourth-order valence-corrected chi connectivity index (χ4v) is 1.39. The van der Waals surface area contributed by atoms with Gasteiger partial charge in [0.25, 0.3) is 0 Å². The molecule has 1 heterocycles. The number of aromatic nitrogens is 2. The largest absolute Gasteiger partial charge is 0.352 e. The van der Waals surface area contributed by atoms with Crippen LogP contribution >= 0.6 is 0 Å². The van der Waals surface area contributed by atoms with Gasteiger partial charge in [-0.25, -0.2) is 4.79 Å². The minimum absolute atomic E-state index is 0.431. The summed E-state index contributed by atoms with van der Waals surface area (Å²) in [4.78, 5) is 10.4. The van der Waals surface area contributed by atoms with Gasteiger partial charge in [-0.15, -0.1) is 0 Å².